The standard InChI is InChI=1S/C13H8N4O4.Cu/c18-13(19)8-6-10(17(20)21)16-12(8)11-7(3-5-15-11)9-2-1-4-14-9;/h1-6,16H,(H,18,19);. The molecule has 0 aromatic carbocycles. The fourth-order valence-electron chi connectivity index (χ4n) is 2.09. The van der Waals surface area contributed by atoms with Crippen LogP contribution < -0.4 is 0 Å². The summed E-state index contributed by atoms with van der Waals surface area (Å²) in [6.07, 6.45) is 8.26. The number of nitro groups is 1. The van der Waals surface area contributed by atoms with Crippen molar-refractivity contribution in [1.82, 2.24) is 4.98 Å². The van der Waals surface area contributed by atoms with E-state index in [2.05, 4.69) is 15.0 Å². The third kappa shape index (κ3) is 2.54. The van der Waals surface area contributed by atoms with Crippen molar-refractivity contribution in [3.63, 3.8) is 0 Å². The molecule has 22 heavy (non-hydrogen) atoms. The Balaban J connectivity index is 0.00000176. The minimum atomic E-state index is -1.27. The number of aromatic amines is 1. The molecule has 0 spiro atoms. The van der Waals surface area contributed by atoms with Crippen LogP contribution in [0.1, 0.15) is 16.1 Å². The zero-order chi connectivity index (χ0) is 15.0. The normalized spacial score (nSPS) is 18.5. The molecule has 1 aromatic rings. The van der Waals surface area contributed by atoms with E-state index >= 15 is 0 Å². The number of rotatable bonds is 3. The molecule has 0 bridgehead atoms. The molecular formula is C13H8CuN4O4. The molecular weight excluding hydrogens is 340 g/mol. The number of aliphatic imine (C=N–C) groups is 2. The zero-order valence-corrected chi connectivity index (χ0v) is 11.7. The molecule has 3 heterocycles. The van der Waals surface area contributed by atoms with Crippen molar-refractivity contribution in [2.75, 3.05) is 0 Å². The monoisotopic (exact) mass is 347 g/mol. The van der Waals surface area contributed by atoms with Gasteiger partial charge in [0.15, 0.2) is 5.69 Å². The molecule has 0 amide bonds. The minimum Gasteiger partial charge on any atom is -0.478 e. The number of H-pyrrole nitrogens is 1. The van der Waals surface area contributed by atoms with Crippen LogP contribution in [-0.2, 0) is 17.1 Å². The summed E-state index contributed by atoms with van der Waals surface area (Å²) in [5, 5.41) is 20.0. The van der Waals surface area contributed by atoms with Crippen LogP contribution in [0, 0.1) is 10.1 Å². The number of nitrogens with one attached hydrogen (secondary N) is 1. The summed E-state index contributed by atoms with van der Waals surface area (Å²) in [6, 6.07) is 0.981. The molecule has 0 saturated heterocycles. The van der Waals surface area contributed by atoms with Gasteiger partial charge in [-0.15, -0.1) is 0 Å². The maximum Gasteiger partial charge on any atom is 0.340 e. The van der Waals surface area contributed by atoms with Crippen LogP contribution in [0.25, 0.3) is 0 Å². The van der Waals surface area contributed by atoms with Gasteiger partial charge in [-0.2, -0.15) is 0 Å². The predicted molar refractivity (Wildman–Crippen MR) is 74.7 cm³/mol. The summed E-state index contributed by atoms with van der Waals surface area (Å²) in [5.74, 6) is -1.66. The third-order valence-corrected chi connectivity index (χ3v) is 3.00. The summed E-state index contributed by atoms with van der Waals surface area (Å²) in [7, 11) is 0. The van der Waals surface area contributed by atoms with Crippen molar-refractivity contribution in [3.8, 4) is 0 Å². The summed E-state index contributed by atoms with van der Waals surface area (Å²) in [5.41, 5.74) is 1.44. The Morgan fingerprint density at radius 1 is 1.36 bits per heavy atom. The van der Waals surface area contributed by atoms with E-state index < -0.39 is 16.7 Å². The number of hydrogen-bond donors (Lipinski definition) is 2. The molecule has 0 aliphatic carbocycles. The van der Waals surface area contributed by atoms with Gasteiger partial charge in [-0.1, -0.05) is 0 Å². The van der Waals surface area contributed by atoms with E-state index in [1.807, 2.05) is 0 Å². The molecule has 1 radical (unpaired) electrons. The van der Waals surface area contributed by atoms with Crippen LogP contribution in [0.3, 0.4) is 0 Å². The average molecular weight is 348 g/mol. The number of carbonyl (C=O) groups is 1. The first-order valence-corrected chi connectivity index (χ1v) is 5.88. The Labute approximate surface area is 134 Å². The Bertz CT molecular complexity index is 800. The molecule has 2 N–H and O–H groups in total. The fourth-order valence-corrected chi connectivity index (χ4v) is 2.09. The van der Waals surface area contributed by atoms with Crippen molar-refractivity contribution in [3.05, 3.63) is 63.1 Å². The van der Waals surface area contributed by atoms with Gasteiger partial charge in [0.25, 0.3) is 0 Å². The molecule has 0 saturated carbocycles. The Kier molecular flexibility index (Phi) is 4.20. The van der Waals surface area contributed by atoms with Crippen LogP contribution in [0.2, 0.25) is 0 Å². The summed E-state index contributed by atoms with van der Waals surface area (Å²) in [4.78, 5) is 32.1. The number of carboxylic acid groups (broad SMARTS) is 1. The Morgan fingerprint density at radius 2 is 2.14 bits per heavy atom. The second-order valence-corrected chi connectivity index (χ2v) is 4.24. The molecule has 0 atom stereocenters. The van der Waals surface area contributed by atoms with Crippen LogP contribution in [0.5, 0.6) is 0 Å². The largest absolute Gasteiger partial charge is 0.478 e. The summed E-state index contributed by atoms with van der Waals surface area (Å²) in [6.45, 7) is 0. The fraction of sp³-hybridized carbons (Fsp3) is 0. The molecule has 0 unspecified atom stereocenters. The molecule has 8 nitrogen and oxygen atoms in total. The van der Waals surface area contributed by atoms with E-state index in [0.29, 0.717) is 17.0 Å². The van der Waals surface area contributed by atoms with Gasteiger partial charge in [0, 0.05) is 35.1 Å². The van der Waals surface area contributed by atoms with E-state index in [-0.39, 0.29) is 28.3 Å². The van der Waals surface area contributed by atoms with Gasteiger partial charge in [0.2, 0.25) is 0 Å². The van der Waals surface area contributed by atoms with Crippen molar-refractivity contribution < 1.29 is 31.9 Å². The van der Waals surface area contributed by atoms with Crippen LogP contribution >= 0.6 is 0 Å². The van der Waals surface area contributed by atoms with Gasteiger partial charge in [0.05, 0.1) is 11.8 Å². The second kappa shape index (κ2) is 5.92. The van der Waals surface area contributed by atoms with E-state index in [9.17, 15) is 20.0 Å². The van der Waals surface area contributed by atoms with Crippen LogP contribution in [0.15, 0.2) is 51.7 Å². The first-order chi connectivity index (χ1) is 10.1. The van der Waals surface area contributed by atoms with Gasteiger partial charge in [0.1, 0.15) is 11.3 Å². The van der Waals surface area contributed by atoms with Gasteiger partial charge < -0.3 is 15.2 Å². The topological polar surface area (TPSA) is 121 Å². The molecule has 3 rings (SSSR count). The third-order valence-electron chi connectivity index (χ3n) is 3.00. The van der Waals surface area contributed by atoms with Gasteiger partial charge in [-0.25, -0.2) is 9.78 Å². The molecule has 0 fully saturated rings. The molecule has 1 aromatic heterocycles. The SMILES string of the molecule is O=C(O)c1cc([N+](=O)[O-])[nH]c1C1=NC=CC1=C1C=CC=N1.[Cu]. The minimum absolute atomic E-state index is 0. The Hall–Kier alpha value is -2.77. The first-order valence-electron chi connectivity index (χ1n) is 5.88. The first kappa shape index (κ1) is 15.6. The predicted octanol–water partition coefficient (Wildman–Crippen LogP) is 1.83. The smallest absolute Gasteiger partial charge is 0.340 e. The molecule has 9 heteroatoms. The van der Waals surface area contributed by atoms with Crippen molar-refractivity contribution in [1.29, 1.82) is 0 Å². The maximum atomic E-state index is 11.3. The van der Waals surface area contributed by atoms with Crippen molar-refractivity contribution in [2.24, 2.45) is 9.98 Å². The van der Waals surface area contributed by atoms with E-state index in [1.54, 1.807) is 24.4 Å². The number of aromatic nitrogens is 1. The molecule has 115 valence electrons. The Morgan fingerprint density at radius 3 is 2.73 bits per heavy atom. The number of allylic oxidation sites excluding steroid dienone is 4. The van der Waals surface area contributed by atoms with Gasteiger partial charge >= 0.3 is 11.8 Å². The average Bonchev–Trinajstić information content (AvgIpc) is 3.17. The second-order valence-electron chi connectivity index (χ2n) is 4.24. The summed E-state index contributed by atoms with van der Waals surface area (Å²) >= 11 is 0. The van der Waals surface area contributed by atoms with Crippen LogP contribution in [0.4, 0.5) is 5.82 Å². The number of aromatic carboxylic acids is 1. The number of nitrogens with zero attached hydrogens (tertiary/aromatic N) is 3. The summed E-state index contributed by atoms with van der Waals surface area (Å²) < 4.78 is 0. The number of hydrogen-bond acceptors (Lipinski definition) is 5. The van der Waals surface area contributed by atoms with E-state index in [4.69, 9.17) is 0 Å². The van der Waals surface area contributed by atoms with E-state index in [0.717, 1.165) is 6.07 Å². The van der Waals surface area contributed by atoms with Crippen molar-refractivity contribution in [2.45, 2.75) is 0 Å². The number of carboxylic acids is 1. The quantitative estimate of drug-likeness (QED) is 0.492. The van der Waals surface area contributed by atoms with Gasteiger partial charge in [-0.05, 0) is 23.2 Å². The van der Waals surface area contributed by atoms with Gasteiger partial charge in [-0.3, -0.25) is 9.98 Å². The molecule has 2 aliphatic rings. The van der Waals surface area contributed by atoms with Crippen LogP contribution in [-0.4, -0.2) is 32.9 Å². The zero-order valence-electron chi connectivity index (χ0n) is 10.8. The van der Waals surface area contributed by atoms with E-state index in [1.165, 1.54) is 6.20 Å². The maximum absolute atomic E-state index is 11.3. The molecule has 2 aliphatic heterocycles. The van der Waals surface area contributed by atoms with Crippen molar-refractivity contribution >= 4 is 23.7 Å².